The minimum absolute atomic E-state index is 0.159. The van der Waals surface area contributed by atoms with Crippen LogP contribution in [0.2, 0.25) is 5.02 Å². The summed E-state index contributed by atoms with van der Waals surface area (Å²) in [5.74, 6) is -0.380. The summed E-state index contributed by atoms with van der Waals surface area (Å²) in [5, 5.41) is 3.48. The maximum Gasteiger partial charge on any atom is 0.141 e. The molecule has 1 heterocycles. The molecule has 0 saturated carbocycles. The molecule has 4 heteroatoms. The number of halogens is 2. The van der Waals surface area contributed by atoms with Gasteiger partial charge in [0.1, 0.15) is 5.82 Å². The van der Waals surface area contributed by atoms with Crippen LogP contribution in [0.4, 0.5) is 10.1 Å². The molecule has 2 nitrogen and oxygen atoms in total. The second kappa shape index (κ2) is 5.23. The van der Waals surface area contributed by atoms with E-state index in [1.54, 1.807) is 12.1 Å². The number of hydrogen-bond acceptors (Lipinski definition) is 2. The third-order valence-corrected chi connectivity index (χ3v) is 3.63. The van der Waals surface area contributed by atoms with E-state index in [0.717, 1.165) is 38.3 Å². The van der Waals surface area contributed by atoms with Crippen LogP contribution in [0.3, 0.4) is 0 Å². The quantitative estimate of drug-likeness (QED) is 0.891. The van der Waals surface area contributed by atoms with Gasteiger partial charge in [-0.2, -0.15) is 0 Å². The fourth-order valence-corrected chi connectivity index (χ4v) is 2.14. The largest absolute Gasteiger partial charge is 0.384 e. The molecular formula is C13H17ClFNO. The topological polar surface area (TPSA) is 21.3 Å². The average Bonchev–Trinajstić information content (AvgIpc) is 2.32. The summed E-state index contributed by atoms with van der Waals surface area (Å²) in [6, 6.07) is 4.72. The minimum Gasteiger partial charge on any atom is -0.384 e. The first-order valence-electron chi connectivity index (χ1n) is 5.86. The number of hydrogen-bond donors (Lipinski definition) is 1. The number of benzene rings is 1. The summed E-state index contributed by atoms with van der Waals surface area (Å²) in [7, 11) is 0. The number of ether oxygens (including phenoxy) is 1. The highest BCUT2D eigenvalue weighted by atomic mass is 35.5. The number of anilines is 1. The van der Waals surface area contributed by atoms with Gasteiger partial charge in [-0.1, -0.05) is 18.5 Å². The van der Waals surface area contributed by atoms with Gasteiger partial charge < -0.3 is 10.1 Å². The second-order valence-electron chi connectivity index (χ2n) is 4.91. The molecule has 0 aliphatic carbocycles. The SMILES string of the molecule is CC1(CNc2ccc(F)c(Cl)c2)CCOCC1. The summed E-state index contributed by atoms with van der Waals surface area (Å²) in [6.07, 6.45) is 2.10. The van der Waals surface area contributed by atoms with E-state index in [4.69, 9.17) is 16.3 Å². The first-order valence-corrected chi connectivity index (χ1v) is 6.24. The first kappa shape index (κ1) is 12.7. The van der Waals surface area contributed by atoms with Gasteiger partial charge in [0.2, 0.25) is 0 Å². The Labute approximate surface area is 106 Å². The van der Waals surface area contributed by atoms with E-state index in [-0.39, 0.29) is 16.3 Å². The molecule has 0 aromatic heterocycles. The Hall–Kier alpha value is -0.800. The lowest BCUT2D eigenvalue weighted by molar-refractivity contribution is 0.0300. The molecule has 17 heavy (non-hydrogen) atoms. The summed E-state index contributed by atoms with van der Waals surface area (Å²) in [4.78, 5) is 0. The van der Waals surface area contributed by atoms with Crippen molar-refractivity contribution in [3.63, 3.8) is 0 Å². The zero-order valence-electron chi connectivity index (χ0n) is 9.93. The highest BCUT2D eigenvalue weighted by Crippen LogP contribution is 2.30. The first-order chi connectivity index (χ1) is 8.09. The van der Waals surface area contributed by atoms with Crippen LogP contribution in [-0.2, 0) is 4.74 Å². The molecular weight excluding hydrogens is 241 g/mol. The molecule has 0 atom stereocenters. The smallest absolute Gasteiger partial charge is 0.141 e. The molecule has 1 saturated heterocycles. The fraction of sp³-hybridized carbons (Fsp3) is 0.538. The van der Waals surface area contributed by atoms with Gasteiger partial charge >= 0.3 is 0 Å². The van der Waals surface area contributed by atoms with Gasteiger partial charge in [-0.05, 0) is 36.5 Å². The van der Waals surface area contributed by atoms with Gasteiger partial charge in [-0.15, -0.1) is 0 Å². The van der Waals surface area contributed by atoms with Crippen molar-refractivity contribution in [3.8, 4) is 0 Å². The lowest BCUT2D eigenvalue weighted by Gasteiger charge is -2.33. The number of rotatable bonds is 3. The van der Waals surface area contributed by atoms with Crippen LogP contribution in [0.1, 0.15) is 19.8 Å². The van der Waals surface area contributed by atoms with E-state index < -0.39 is 0 Å². The maximum atomic E-state index is 13.0. The van der Waals surface area contributed by atoms with Crippen molar-refractivity contribution in [2.75, 3.05) is 25.1 Å². The molecule has 1 aliphatic heterocycles. The van der Waals surface area contributed by atoms with E-state index in [1.807, 2.05) is 0 Å². The van der Waals surface area contributed by atoms with Crippen molar-refractivity contribution in [2.24, 2.45) is 5.41 Å². The van der Waals surface area contributed by atoms with Crippen molar-refractivity contribution in [2.45, 2.75) is 19.8 Å². The molecule has 1 fully saturated rings. The second-order valence-corrected chi connectivity index (χ2v) is 5.31. The Balaban J connectivity index is 1.94. The van der Waals surface area contributed by atoms with Crippen molar-refractivity contribution >= 4 is 17.3 Å². The van der Waals surface area contributed by atoms with Crippen LogP contribution < -0.4 is 5.32 Å². The molecule has 1 aliphatic rings. The third-order valence-electron chi connectivity index (χ3n) is 3.34. The third kappa shape index (κ3) is 3.33. The van der Waals surface area contributed by atoms with E-state index in [9.17, 15) is 4.39 Å². The van der Waals surface area contributed by atoms with Crippen molar-refractivity contribution in [1.29, 1.82) is 0 Å². The summed E-state index contributed by atoms with van der Waals surface area (Å²) >= 11 is 5.74. The van der Waals surface area contributed by atoms with Crippen LogP contribution in [0, 0.1) is 11.2 Å². The Bertz CT molecular complexity index is 391. The van der Waals surface area contributed by atoms with E-state index in [0.29, 0.717) is 0 Å². The monoisotopic (exact) mass is 257 g/mol. The molecule has 0 amide bonds. The zero-order valence-corrected chi connectivity index (χ0v) is 10.7. The molecule has 1 aromatic carbocycles. The highest BCUT2D eigenvalue weighted by molar-refractivity contribution is 6.31. The van der Waals surface area contributed by atoms with Gasteiger partial charge in [0.25, 0.3) is 0 Å². The van der Waals surface area contributed by atoms with E-state index in [1.165, 1.54) is 6.07 Å². The molecule has 0 spiro atoms. The Kier molecular flexibility index (Phi) is 3.89. The molecule has 1 aromatic rings. The molecule has 0 radical (unpaired) electrons. The van der Waals surface area contributed by atoms with Gasteiger partial charge in [0, 0.05) is 25.4 Å². The molecule has 94 valence electrons. The van der Waals surface area contributed by atoms with Crippen molar-refractivity contribution < 1.29 is 9.13 Å². The Morgan fingerprint density at radius 3 is 2.76 bits per heavy atom. The summed E-state index contributed by atoms with van der Waals surface area (Å²) in [6.45, 7) is 4.75. The van der Waals surface area contributed by atoms with Crippen molar-refractivity contribution in [1.82, 2.24) is 0 Å². The molecule has 1 N–H and O–H groups in total. The Morgan fingerprint density at radius 2 is 2.12 bits per heavy atom. The highest BCUT2D eigenvalue weighted by Gasteiger charge is 2.26. The van der Waals surface area contributed by atoms with E-state index >= 15 is 0 Å². The molecule has 2 rings (SSSR count). The predicted molar refractivity (Wildman–Crippen MR) is 68.1 cm³/mol. The van der Waals surface area contributed by atoms with Crippen LogP contribution in [0.5, 0.6) is 0 Å². The Morgan fingerprint density at radius 1 is 1.41 bits per heavy atom. The normalized spacial score (nSPS) is 19.0. The molecule has 0 unspecified atom stereocenters. The average molecular weight is 258 g/mol. The lowest BCUT2D eigenvalue weighted by Crippen LogP contribution is -2.33. The lowest BCUT2D eigenvalue weighted by atomic mass is 9.82. The standard InChI is InChI=1S/C13H17ClFNO/c1-13(4-6-17-7-5-13)9-16-10-2-3-12(15)11(14)8-10/h2-3,8,16H,4-7,9H2,1H3. The van der Waals surface area contributed by atoms with Gasteiger partial charge in [0.05, 0.1) is 5.02 Å². The van der Waals surface area contributed by atoms with Gasteiger partial charge in [-0.25, -0.2) is 4.39 Å². The maximum absolute atomic E-state index is 13.0. The van der Waals surface area contributed by atoms with Crippen molar-refractivity contribution in [3.05, 3.63) is 29.0 Å². The summed E-state index contributed by atoms with van der Waals surface area (Å²) in [5.41, 5.74) is 1.11. The van der Waals surface area contributed by atoms with E-state index in [2.05, 4.69) is 12.2 Å². The predicted octanol–water partition coefficient (Wildman–Crippen LogP) is 3.71. The number of nitrogens with one attached hydrogen (secondary N) is 1. The minimum atomic E-state index is -0.380. The fourth-order valence-electron chi connectivity index (χ4n) is 1.96. The van der Waals surface area contributed by atoms with Gasteiger partial charge in [0.15, 0.2) is 0 Å². The zero-order chi connectivity index (χ0) is 12.3. The van der Waals surface area contributed by atoms with Crippen LogP contribution >= 0.6 is 11.6 Å². The van der Waals surface area contributed by atoms with Gasteiger partial charge in [-0.3, -0.25) is 0 Å². The molecule has 0 bridgehead atoms. The van der Waals surface area contributed by atoms with Crippen LogP contribution in [0.25, 0.3) is 0 Å². The van der Waals surface area contributed by atoms with Crippen LogP contribution in [-0.4, -0.2) is 19.8 Å². The summed E-state index contributed by atoms with van der Waals surface area (Å²) < 4.78 is 18.3. The van der Waals surface area contributed by atoms with Crippen LogP contribution in [0.15, 0.2) is 18.2 Å².